The SMILES string of the molecule is O=C(O)Cc1nc([N+](=O)[O-])cc(OC(F)(F)F)c1C(F)F. The van der Waals surface area contributed by atoms with Gasteiger partial charge in [-0.3, -0.25) is 4.79 Å². The van der Waals surface area contributed by atoms with E-state index in [1.54, 1.807) is 0 Å². The van der Waals surface area contributed by atoms with E-state index < -0.39 is 52.9 Å². The number of nitro groups is 1. The minimum Gasteiger partial charge on any atom is -0.481 e. The second-order valence-corrected chi connectivity index (χ2v) is 3.52. The Kier molecular flexibility index (Phi) is 4.60. The number of ether oxygens (including phenoxy) is 1. The summed E-state index contributed by atoms with van der Waals surface area (Å²) in [4.78, 5) is 22.8. The van der Waals surface area contributed by atoms with Gasteiger partial charge in [-0.25, -0.2) is 8.78 Å². The second-order valence-electron chi connectivity index (χ2n) is 3.52. The highest BCUT2D eigenvalue weighted by Gasteiger charge is 2.37. The first-order valence-electron chi connectivity index (χ1n) is 4.95. The Hall–Kier alpha value is -2.53. The fraction of sp³-hybridized carbons (Fsp3) is 0.333. The van der Waals surface area contributed by atoms with Crippen molar-refractivity contribution in [2.75, 3.05) is 0 Å². The molecule has 12 heteroatoms. The van der Waals surface area contributed by atoms with Gasteiger partial charge in [0.15, 0.2) is 11.4 Å². The third-order valence-corrected chi connectivity index (χ3v) is 2.04. The van der Waals surface area contributed by atoms with Crippen molar-refractivity contribution in [3.05, 3.63) is 27.4 Å². The summed E-state index contributed by atoms with van der Waals surface area (Å²) in [5.41, 5.74) is -2.54. The molecule has 0 fully saturated rings. The Morgan fingerprint density at radius 3 is 2.43 bits per heavy atom. The number of rotatable bonds is 5. The Morgan fingerprint density at radius 2 is 2.05 bits per heavy atom. The zero-order chi connectivity index (χ0) is 16.4. The van der Waals surface area contributed by atoms with Crippen molar-refractivity contribution in [2.45, 2.75) is 19.2 Å². The summed E-state index contributed by atoms with van der Waals surface area (Å²) >= 11 is 0. The molecule has 0 aliphatic carbocycles. The molecule has 21 heavy (non-hydrogen) atoms. The van der Waals surface area contributed by atoms with E-state index in [1.165, 1.54) is 0 Å². The number of carbonyl (C=O) groups is 1. The fourth-order valence-corrected chi connectivity index (χ4v) is 1.38. The number of alkyl halides is 5. The number of pyridine rings is 1. The Bertz CT molecular complexity index is 574. The first kappa shape index (κ1) is 16.5. The highest BCUT2D eigenvalue weighted by Crippen LogP contribution is 2.37. The molecule has 0 radical (unpaired) electrons. The lowest BCUT2D eigenvalue weighted by molar-refractivity contribution is -0.389. The van der Waals surface area contributed by atoms with E-state index in [0.29, 0.717) is 0 Å². The highest BCUT2D eigenvalue weighted by molar-refractivity contribution is 5.70. The number of carboxylic acids is 1. The van der Waals surface area contributed by atoms with Crippen LogP contribution < -0.4 is 4.74 Å². The number of hydrogen-bond donors (Lipinski definition) is 1. The van der Waals surface area contributed by atoms with Crippen molar-refractivity contribution >= 4 is 11.8 Å². The van der Waals surface area contributed by atoms with E-state index in [-0.39, 0.29) is 6.07 Å². The van der Waals surface area contributed by atoms with Gasteiger partial charge in [0.1, 0.15) is 12.0 Å². The second kappa shape index (κ2) is 5.85. The van der Waals surface area contributed by atoms with E-state index in [0.717, 1.165) is 0 Å². The van der Waals surface area contributed by atoms with Crippen LogP contribution in [0.25, 0.3) is 0 Å². The summed E-state index contributed by atoms with van der Waals surface area (Å²) in [6, 6.07) is 0.0559. The molecule has 1 rings (SSSR count). The number of carboxylic acid groups (broad SMARTS) is 1. The maximum absolute atomic E-state index is 12.8. The Labute approximate surface area is 112 Å². The van der Waals surface area contributed by atoms with Crippen molar-refractivity contribution in [1.82, 2.24) is 4.98 Å². The molecular weight excluding hydrogens is 311 g/mol. The molecule has 0 aromatic carbocycles. The molecule has 0 aliphatic rings. The van der Waals surface area contributed by atoms with Crippen molar-refractivity contribution in [3.63, 3.8) is 0 Å². The molecule has 1 aromatic rings. The molecule has 0 atom stereocenters. The third-order valence-electron chi connectivity index (χ3n) is 2.04. The van der Waals surface area contributed by atoms with Gasteiger partial charge in [0.05, 0.1) is 6.07 Å². The zero-order valence-corrected chi connectivity index (χ0v) is 9.73. The van der Waals surface area contributed by atoms with Gasteiger partial charge in [-0.1, -0.05) is 0 Å². The van der Waals surface area contributed by atoms with Crippen LogP contribution in [0.1, 0.15) is 17.7 Å². The van der Waals surface area contributed by atoms with Crippen molar-refractivity contribution in [3.8, 4) is 5.75 Å². The Balaban J connectivity index is 3.52. The van der Waals surface area contributed by atoms with Crippen LogP contribution in [0.3, 0.4) is 0 Å². The summed E-state index contributed by atoms with van der Waals surface area (Å²) in [7, 11) is 0. The van der Waals surface area contributed by atoms with Crippen molar-refractivity contribution < 1.29 is 41.5 Å². The summed E-state index contributed by atoms with van der Waals surface area (Å²) in [5.74, 6) is -4.51. The predicted octanol–water partition coefficient (Wildman–Crippen LogP) is 2.45. The van der Waals surface area contributed by atoms with Gasteiger partial charge in [-0.05, 0) is 9.91 Å². The maximum atomic E-state index is 12.8. The van der Waals surface area contributed by atoms with Crippen molar-refractivity contribution in [2.24, 2.45) is 0 Å². The smallest absolute Gasteiger partial charge is 0.481 e. The number of aromatic nitrogens is 1. The molecular formula is C9H5F5N2O5. The molecule has 1 heterocycles. The van der Waals surface area contributed by atoms with Crippen LogP contribution >= 0.6 is 0 Å². The highest BCUT2D eigenvalue weighted by atomic mass is 19.4. The molecule has 0 unspecified atom stereocenters. The minimum atomic E-state index is -5.39. The number of halogens is 5. The maximum Gasteiger partial charge on any atom is 0.573 e. The van der Waals surface area contributed by atoms with Gasteiger partial charge in [-0.2, -0.15) is 0 Å². The quantitative estimate of drug-likeness (QED) is 0.508. The summed E-state index contributed by atoms with van der Waals surface area (Å²) in [5, 5.41) is 19.0. The summed E-state index contributed by atoms with van der Waals surface area (Å²) in [6.07, 6.45) is -10.2. The Morgan fingerprint density at radius 1 is 1.48 bits per heavy atom. The van der Waals surface area contributed by atoms with Gasteiger partial charge in [0, 0.05) is 0 Å². The van der Waals surface area contributed by atoms with Gasteiger partial charge < -0.3 is 20.0 Å². The molecule has 1 N–H and O–H groups in total. The average molecular weight is 316 g/mol. The topological polar surface area (TPSA) is 103 Å². The van der Waals surface area contributed by atoms with E-state index in [4.69, 9.17) is 5.11 Å². The molecule has 0 spiro atoms. The molecule has 0 saturated heterocycles. The van der Waals surface area contributed by atoms with E-state index in [1.807, 2.05) is 0 Å². The van der Waals surface area contributed by atoms with E-state index >= 15 is 0 Å². The monoisotopic (exact) mass is 316 g/mol. The molecule has 0 bridgehead atoms. The van der Waals surface area contributed by atoms with Gasteiger partial charge in [0.25, 0.3) is 6.43 Å². The third kappa shape index (κ3) is 4.50. The standard InChI is InChI=1S/C9H5F5N2O5/c10-8(11)7-3(1-6(17)18)15-5(16(19)20)2-4(7)21-9(12,13)14/h2,8H,1H2,(H,17,18). The lowest BCUT2D eigenvalue weighted by Gasteiger charge is -2.13. The van der Waals surface area contributed by atoms with Gasteiger partial charge >= 0.3 is 18.1 Å². The van der Waals surface area contributed by atoms with Crippen LogP contribution in [-0.4, -0.2) is 27.3 Å². The number of aliphatic carboxylic acids is 1. The normalized spacial score (nSPS) is 11.5. The fourth-order valence-electron chi connectivity index (χ4n) is 1.38. The molecule has 116 valence electrons. The average Bonchev–Trinajstić information content (AvgIpc) is 2.24. The first-order valence-corrected chi connectivity index (χ1v) is 4.95. The van der Waals surface area contributed by atoms with Crippen LogP contribution in [0, 0.1) is 10.1 Å². The van der Waals surface area contributed by atoms with Crippen molar-refractivity contribution in [1.29, 1.82) is 0 Å². The lowest BCUT2D eigenvalue weighted by atomic mass is 10.1. The number of nitrogens with zero attached hydrogens (tertiary/aromatic N) is 2. The summed E-state index contributed by atoms with van der Waals surface area (Å²) in [6.45, 7) is 0. The molecule has 0 saturated carbocycles. The van der Waals surface area contributed by atoms with E-state index in [9.17, 15) is 36.9 Å². The zero-order valence-electron chi connectivity index (χ0n) is 9.73. The van der Waals surface area contributed by atoms with Crippen LogP contribution in [0.4, 0.5) is 27.8 Å². The molecule has 0 aliphatic heterocycles. The van der Waals surface area contributed by atoms with Gasteiger partial charge in [0.2, 0.25) is 0 Å². The largest absolute Gasteiger partial charge is 0.573 e. The minimum absolute atomic E-state index is 0.0559. The van der Waals surface area contributed by atoms with Crippen LogP contribution in [0.5, 0.6) is 5.75 Å². The first-order chi connectivity index (χ1) is 9.51. The van der Waals surface area contributed by atoms with Crippen LogP contribution in [0.2, 0.25) is 0 Å². The predicted molar refractivity (Wildman–Crippen MR) is 53.9 cm³/mol. The van der Waals surface area contributed by atoms with E-state index in [2.05, 4.69) is 9.72 Å². The molecule has 0 amide bonds. The molecule has 1 aromatic heterocycles. The van der Waals surface area contributed by atoms with Gasteiger partial charge in [-0.15, -0.1) is 13.2 Å². The molecule has 7 nitrogen and oxygen atoms in total. The van der Waals surface area contributed by atoms with Crippen LogP contribution in [0.15, 0.2) is 6.07 Å². The summed E-state index contributed by atoms with van der Waals surface area (Å²) < 4.78 is 65.3. The van der Waals surface area contributed by atoms with Crippen LogP contribution in [-0.2, 0) is 11.2 Å². The lowest BCUT2D eigenvalue weighted by Crippen LogP contribution is -2.20. The number of hydrogen-bond acceptors (Lipinski definition) is 5.